The minimum atomic E-state index is 0.118. The number of benzene rings is 1. The Labute approximate surface area is 108 Å². The van der Waals surface area contributed by atoms with E-state index in [0.29, 0.717) is 0 Å². The average molecular weight is 261 g/mol. The third-order valence-electron chi connectivity index (χ3n) is 2.71. The van der Waals surface area contributed by atoms with E-state index < -0.39 is 0 Å². The van der Waals surface area contributed by atoms with E-state index >= 15 is 0 Å². The number of hydrogen-bond acceptors (Lipinski definition) is 3. The van der Waals surface area contributed by atoms with E-state index in [1.807, 2.05) is 52.4 Å². The third-order valence-corrected chi connectivity index (χ3v) is 4.61. The zero-order valence-corrected chi connectivity index (χ0v) is 10.8. The van der Waals surface area contributed by atoms with Crippen molar-refractivity contribution in [2.75, 3.05) is 17.2 Å². The highest BCUT2D eigenvalue weighted by Crippen LogP contribution is 2.35. The Bertz CT molecular complexity index is 536. The standard InChI is InChI=1S/C13H11NOS2/c15-13(12-6-3-8-16-12)14-7-9-17-11-5-2-1-4-10(11)14/h1-6,8H,7,9H2. The van der Waals surface area contributed by atoms with Crippen LogP contribution in [0.3, 0.4) is 0 Å². The summed E-state index contributed by atoms with van der Waals surface area (Å²) < 4.78 is 0. The van der Waals surface area contributed by atoms with E-state index in [9.17, 15) is 4.79 Å². The molecule has 3 rings (SSSR count). The van der Waals surface area contributed by atoms with Crippen LogP contribution in [0.4, 0.5) is 5.69 Å². The maximum absolute atomic E-state index is 12.4. The number of para-hydroxylation sites is 1. The number of thiophene rings is 1. The minimum absolute atomic E-state index is 0.118. The zero-order chi connectivity index (χ0) is 11.7. The van der Waals surface area contributed by atoms with Gasteiger partial charge in [0.2, 0.25) is 0 Å². The Kier molecular flexibility index (Phi) is 2.91. The van der Waals surface area contributed by atoms with Crippen LogP contribution >= 0.6 is 23.1 Å². The Morgan fingerprint density at radius 1 is 1.18 bits per heavy atom. The van der Waals surface area contributed by atoms with Crippen molar-refractivity contribution in [3.05, 3.63) is 46.7 Å². The van der Waals surface area contributed by atoms with Gasteiger partial charge in [-0.05, 0) is 23.6 Å². The number of thioether (sulfide) groups is 1. The van der Waals surface area contributed by atoms with E-state index in [-0.39, 0.29) is 5.91 Å². The van der Waals surface area contributed by atoms with Gasteiger partial charge < -0.3 is 4.90 Å². The van der Waals surface area contributed by atoms with E-state index in [4.69, 9.17) is 0 Å². The molecule has 86 valence electrons. The van der Waals surface area contributed by atoms with Crippen LogP contribution in [0.5, 0.6) is 0 Å². The molecule has 0 bridgehead atoms. The molecule has 1 aliphatic heterocycles. The molecule has 0 radical (unpaired) electrons. The van der Waals surface area contributed by atoms with E-state index in [1.165, 1.54) is 16.2 Å². The number of carbonyl (C=O) groups is 1. The summed E-state index contributed by atoms with van der Waals surface area (Å²) in [6.07, 6.45) is 0. The highest BCUT2D eigenvalue weighted by molar-refractivity contribution is 7.99. The molecule has 2 aromatic rings. The van der Waals surface area contributed by atoms with Crippen molar-refractivity contribution in [1.29, 1.82) is 0 Å². The molecule has 0 atom stereocenters. The molecule has 0 unspecified atom stereocenters. The summed E-state index contributed by atoms with van der Waals surface area (Å²) in [5.41, 5.74) is 1.04. The Morgan fingerprint density at radius 2 is 2.06 bits per heavy atom. The topological polar surface area (TPSA) is 20.3 Å². The molecule has 0 saturated carbocycles. The Morgan fingerprint density at radius 3 is 2.88 bits per heavy atom. The molecule has 1 aliphatic rings. The summed E-state index contributed by atoms with van der Waals surface area (Å²) in [6.45, 7) is 0.790. The SMILES string of the molecule is O=C(c1cccs1)N1CCSc2ccccc21. The van der Waals surface area contributed by atoms with E-state index in [2.05, 4.69) is 6.07 Å². The lowest BCUT2D eigenvalue weighted by molar-refractivity contribution is 0.0991. The predicted octanol–water partition coefficient (Wildman–Crippen LogP) is 3.50. The Balaban J connectivity index is 1.98. The van der Waals surface area contributed by atoms with Gasteiger partial charge in [-0.1, -0.05) is 18.2 Å². The van der Waals surface area contributed by atoms with Crippen LogP contribution in [-0.4, -0.2) is 18.2 Å². The van der Waals surface area contributed by atoms with Gasteiger partial charge in [-0.15, -0.1) is 23.1 Å². The lowest BCUT2D eigenvalue weighted by atomic mass is 10.2. The van der Waals surface area contributed by atoms with Crippen molar-refractivity contribution in [2.24, 2.45) is 0 Å². The molecule has 1 aromatic carbocycles. The lowest BCUT2D eigenvalue weighted by Gasteiger charge is -2.28. The van der Waals surface area contributed by atoms with Crippen LogP contribution in [0.15, 0.2) is 46.7 Å². The van der Waals surface area contributed by atoms with Gasteiger partial charge in [0.15, 0.2) is 0 Å². The van der Waals surface area contributed by atoms with Crippen molar-refractivity contribution in [1.82, 2.24) is 0 Å². The maximum atomic E-state index is 12.4. The Hall–Kier alpha value is -1.26. The van der Waals surface area contributed by atoms with E-state index in [0.717, 1.165) is 22.9 Å². The second-order valence-corrected chi connectivity index (χ2v) is 5.83. The van der Waals surface area contributed by atoms with Crippen molar-refractivity contribution in [2.45, 2.75) is 4.90 Å². The molecular weight excluding hydrogens is 250 g/mol. The third kappa shape index (κ3) is 1.98. The molecule has 0 spiro atoms. The van der Waals surface area contributed by atoms with Crippen molar-refractivity contribution in [3.63, 3.8) is 0 Å². The second kappa shape index (κ2) is 4.55. The first kappa shape index (κ1) is 10.9. The van der Waals surface area contributed by atoms with Gasteiger partial charge in [-0.3, -0.25) is 4.79 Å². The number of amides is 1. The fourth-order valence-corrected chi connectivity index (χ4v) is 3.58. The van der Waals surface area contributed by atoms with Gasteiger partial charge in [0.05, 0.1) is 10.6 Å². The fourth-order valence-electron chi connectivity index (χ4n) is 1.91. The average Bonchev–Trinajstić information content (AvgIpc) is 2.91. The van der Waals surface area contributed by atoms with Gasteiger partial charge >= 0.3 is 0 Å². The molecule has 2 nitrogen and oxygen atoms in total. The smallest absolute Gasteiger partial charge is 0.268 e. The van der Waals surface area contributed by atoms with Crippen LogP contribution in [0.25, 0.3) is 0 Å². The van der Waals surface area contributed by atoms with Crippen LogP contribution in [0.1, 0.15) is 9.67 Å². The molecule has 1 aromatic heterocycles. The molecule has 17 heavy (non-hydrogen) atoms. The number of fused-ring (bicyclic) bond motifs is 1. The zero-order valence-electron chi connectivity index (χ0n) is 9.13. The quantitative estimate of drug-likeness (QED) is 0.783. The van der Waals surface area contributed by atoms with Crippen LogP contribution in [0, 0.1) is 0 Å². The predicted molar refractivity (Wildman–Crippen MR) is 73.2 cm³/mol. The lowest BCUT2D eigenvalue weighted by Crippen LogP contribution is -2.34. The maximum Gasteiger partial charge on any atom is 0.268 e. The summed E-state index contributed by atoms with van der Waals surface area (Å²) in [7, 11) is 0. The first-order valence-electron chi connectivity index (χ1n) is 5.43. The second-order valence-electron chi connectivity index (χ2n) is 3.75. The van der Waals surface area contributed by atoms with Gasteiger partial charge in [0, 0.05) is 17.2 Å². The van der Waals surface area contributed by atoms with Gasteiger partial charge in [0.1, 0.15) is 0 Å². The van der Waals surface area contributed by atoms with Crippen molar-refractivity contribution < 1.29 is 4.79 Å². The molecule has 1 amide bonds. The summed E-state index contributed by atoms with van der Waals surface area (Å²) in [5.74, 6) is 1.08. The summed E-state index contributed by atoms with van der Waals surface area (Å²) in [6, 6.07) is 11.9. The van der Waals surface area contributed by atoms with Crippen LogP contribution in [0.2, 0.25) is 0 Å². The highest BCUT2D eigenvalue weighted by Gasteiger charge is 2.23. The van der Waals surface area contributed by atoms with Crippen LogP contribution < -0.4 is 4.90 Å². The molecule has 0 fully saturated rings. The van der Waals surface area contributed by atoms with Gasteiger partial charge in [-0.2, -0.15) is 0 Å². The molecule has 4 heteroatoms. The monoisotopic (exact) mass is 261 g/mol. The number of rotatable bonds is 1. The minimum Gasteiger partial charge on any atom is -0.306 e. The number of carbonyl (C=O) groups excluding carboxylic acids is 1. The summed E-state index contributed by atoms with van der Waals surface area (Å²) >= 11 is 3.32. The first-order chi connectivity index (χ1) is 8.36. The highest BCUT2D eigenvalue weighted by atomic mass is 32.2. The number of nitrogens with zero attached hydrogens (tertiary/aromatic N) is 1. The first-order valence-corrected chi connectivity index (χ1v) is 7.30. The van der Waals surface area contributed by atoms with Gasteiger partial charge in [-0.25, -0.2) is 0 Å². The molecular formula is C13H11NOS2. The summed E-state index contributed by atoms with van der Waals surface area (Å²) in [4.78, 5) is 16.2. The van der Waals surface area contributed by atoms with E-state index in [1.54, 1.807) is 0 Å². The molecule has 0 N–H and O–H groups in total. The normalized spacial score (nSPS) is 14.5. The van der Waals surface area contributed by atoms with Crippen LogP contribution in [-0.2, 0) is 0 Å². The molecule has 2 heterocycles. The number of anilines is 1. The van der Waals surface area contributed by atoms with Gasteiger partial charge in [0.25, 0.3) is 5.91 Å². The summed E-state index contributed by atoms with van der Waals surface area (Å²) in [5, 5.41) is 1.94. The molecule has 0 aliphatic carbocycles. The van der Waals surface area contributed by atoms with Crippen molar-refractivity contribution in [3.8, 4) is 0 Å². The van der Waals surface area contributed by atoms with Crippen molar-refractivity contribution >= 4 is 34.7 Å². The largest absolute Gasteiger partial charge is 0.306 e. The molecule has 0 saturated heterocycles. The number of hydrogen-bond donors (Lipinski definition) is 0. The fraction of sp³-hybridized carbons (Fsp3) is 0.154.